The van der Waals surface area contributed by atoms with Gasteiger partial charge in [0.1, 0.15) is 12.2 Å². The van der Waals surface area contributed by atoms with Gasteiger partial charge in [-0.25, -0.2) is 4.79 Å². The van der Waals surface area contributed by atoms with Crippen LogP contribution in [0.1, 0.15) is 22.8 Å². The van der Waals surface area contributed by atoms with E-state index in [9.17, 15) is 4.79 Å². The van der Waals surface area contributed by atoms with Gasteiger partial charge in [0.25, 0.3) is 0 Å². The van der Waals surface area contributed by atoms with E-state index in [1.54, 1.807) is 6.92 Å². The second kappa shape index (κ2) is 6.35. The summed E-state index contributed by atoms with van der Waals surface area (Å²) >= 11 is 0. The van der Waals surface area contributed by atoms with Crippen molar-refractivity contribution in [1.29, 1.82) is 0 Å². The van der Waals surface area contributed by atoms with Crippen molar-refractivity contribution in [3.8, 4) is 5.88 Å². The van der Waals surface area contributed by atoms with E-state index < -0.39 is 0 Å². The van der Waals surface area contributed by atoms with Crippen LogP contribution in [0.25, 0.3) is 10.9 Å². The van der Waals surface area contributed by atoms with E-state index in [4.69, 9.17) is 9.47 Å². The molecule has 0 radical (unpaired) electrons. The minimum atomic E-state index is -0.372. The highest BCUT2D eigenvalue weighted by atomic mass is 16.5. The maximum Gasteiger partial charge on any atom is 0.344 e. The Bertz CT molecular complexity index is 777. The van der Waals surface area contributed by atoms with Gasteiger partial charge >= 0.3 is 5.97 Å². The maximum absolute atomic E-state index is 12.2. The summed E-state index contributed by atoms with van der Waals surface area (Å²) in [7, 11) is 0. The van der Waals surface area contributed by atoms with E-state index in [0.717, 1.165) is 16.5 Å². The van der Waals surface area contributed by atoms with E-state index in [1.165, 1.54) is 0 Å². The van der Waals surface area contributed by atoms with Crippen LogP contribution in [0.3, 0.4) is 0 Å². The third-order valence-electron chi connectivity index (χ3n) is 3.38. The van der Waals surface area contributed by atoms with Crippen molar-refractivity contribution in [1.82, 2.24) is 4.98 Å². The highest BCUT2D eigenvalue weighted by molar-refractivity contribution is 6.06. The number of rotatable bonds is 5. The summed E-state index contributed by atoms with van der Waals surface area (Å²) in [6, 6.07) is 17.4. The first-order valence-corrected chi connectivity index (χ1v) is 7.24. The monoisotopic (exact) mass is 295 g/mol. The fourth-order valence-electron chi connectivity index (χ4n) is 2.36. The Morgan fingerprint density at radius 3 is 2.55 bits per heavy atom. The Morgan fingerprint density at radius 2 is 1.77 bits per heavy atom. The van der Waals surface area contributed by atoms with Crippen molar-refractivity contribution in [3.63, 3.8) is 0 Å². The summed E-state index contributed by atoms with van der Waals surface area (Å²) in [6.45, 7) is 2.51. The molecule has 1 heterocycles. The number of benzene rings is 2. The van der Waals surface area contributed by atoms with Gasteiger partial charge in [-0.15, -0.1) is 0 Å². The molecule has 0 saturated carbocycles. The number of para-hydroxylation sites is 1. The number of hydrogen-bond acceptors (Lipinski definition) is 3. The lowest BCUT2D eigenvalue weighted by Gasteiger charge is -2.07. The van der Waals surface area contributed by atoms with Crippen LogP contribution >= 0.6 is 0 Å². The summed E-state index contributed by atoms with van der Waals surface area (Å²) in [5, 5.41) is 0.809. The molecule has 3 aromatic rings. The normalized spacial score (nSPS) is 10.6. The number of hydrogen-bond donors (Lipinski definition) is 1. The third kappa shape index (κ3) is 2.81. The highest BCUT2D eigenvalue weighted by Gasteiger charge is 2.20. The van der Waals surface area contributed by atoms with Gasteiger partial charge in [0.05, 0.1) is 6.61 Å². The molecule has 2 aromatic carbocycles. The Morgan fingerprint density at radius 1 is 1.05 bits per heavy atom. The fourth-order valence-corrected chi connectivity index (χ4v) is 2.36. The Kier molecular flexibility index (Phi) is 4.10. The lowest BCUT2D eigenvalue weighted by Crippen LogP contribution is -2.07. The van der Waals surface area contributed by atoms with Gasteiger partial charge in [0, 0.05) is 10.9 Å². The first-order valence-electron chi connectivity index (χ1n) is 7.24. The molecular formula is C18H17NO3. The quantitative estimate of drug-likeness (QED) is 0.726. The van der Waals surface area contributed by atoms with Crippen molar-refractivity contribution < 1.29 is 14.3 Å². The van der Waals surface area contributed by atoms with Crippen molar-refractivity contribution in [2.75, 3.05) is 6.61 Å². The van der Waals surface area contributed by atoms with Gasteiger partial charge in [-0.2, -0.15) is 0 Å². The van der Waals surface area contributed by atoms with Crippen LogP contribution in [0, 0.1) is 0 Å². The Labute approximate surface area is 128 Å². The molecule has 0 aliphatic rings. The Hall–Kier alpha value is -2.75. The number of carbonyl (C=O) groups is 1. The first kappa shape index (κ1) is 14.2. The van der Waals surface area contributed by atoms with Crippen LogP contribution in [0.5, 0.6) is 5.88 Å². The number of carbonyl (C=O) groups excluding carboxylic acids is 1. The number of esters is 1. The number of ether oxygens (including phenoxy) is 2. The van der Waals surface area contributed by atoms with Crippen molar-refractivity contribution in [2.24, 2.45) is 0 Å². The molecule has 1 N–H and O–H groups in total. The molecule has 22 heavy (non-hydrogen) atoms. The van der Waals surface area contributed by atoms with Crippen LogP contribution in [0.4, 0.5) is 0 Å². The minimum Gasteiger partial charge on any atom is -0.473 e. The molecule has 0 aliphatic carbocycles. The molecule has 1 aromatic heterocycles. The molecule has 0 amide bonds. The minimum absolute atomic E-state index is 0.330. The second-order valence-electron chi connectivity index (χ2n) is 4.87. The summed E-state index contributed by atoms with van der Waals surface area (Å²) in [6.07, 6.45) is 0. The molecule has 4 heteroatoms. The van der Waals surface area contributed by atoms with Gasteiger partial charge in [0.15, 0.2) is 0 Å². The zero-order chi connectivity index (χ0) is 15.4. The fraction of sp³-hybridized carbons (Fsp3) is 0.167. The van der Waals surface area contributed by atoms with Crippen LogP contribution in [-0.2, 0) is 11.3 Å². The standard InChI is InChI=1S/C18H17NO3/c1-2-21-18(20)16-14-10-6-7-11-15(14)19-17(16)22-12-13-8-4-3-5-9-13/h3-11,19H,2,12H2,1H3. The average molecular weight is 295 g/mol. The van der Waals surface area contributed by atoms with E-state index in [-0.39, 0.29) is 5.97 Å². The van der Waals surface area contributed by atoms with E-state index in [0.29, 0.717) is 24.7 Å². The van der Waals surface area contributed by atoms with Gasteiger partial charge < -0.3 is 14.5 Å². The lowest BCUT2D eigenvalue weighted by atomic mass is 10.2. The van der Waals surface area contributed by atoms with Crippen LogP contribution < -0.4 is 4.74 Å². The molecule has 0 fully saturated rings. The average Bonchev–Trinajstić information content (AvgIpc) is 2.92. The number of fused-ring (bicyclic) bond motifs is 1. The third-order valence-corrected chi connectivity index (χ3v) is 3.38. The van der Waals surface area contributed by atoms with Crippen molar-refractivity contribution in [3.05, 3.63) is 65.7 Å². The van der Waals surface area contributed by atoms with Crippen LogP contribution in [0.2, 0.25) is 0 Å². The topological polar surface area (TPSA) is 51.3 Å². The largest absolute Gasteiger partial charge is 0.473 e. The molecule has 0 aliphatic heterocycles. The lowest BCUT2D eigenvalue weighted by molar-refractivity contribution is 0.0523. The van der Waals surface area contributed by atoms with Crippen molar-refractivity contribution in [2.45, 2.75) is 13.5 Å². The van der Waals surface area contributed by atoms with Gasteiger partial charge in [-0.3, -0.25) is 0 Å². The zero-order valence-corrected chi connectivity index (χ0v) is 12.3. The maximum atomic E-state index is 12.2. The molecule has 4 nitrogen and oxygen atoms in total. The summed E-state index contributed by atoms with van der Waals surface area (Å²) in [4.78, 5) is 15.4. The molecular weight excluding hydrogens is 278 g/mol. The summed E-state index contributed by atoms with van der Waals surface area (Å²) in [5.41, 5.74) is 2.35. The molecule has 0 spiro atoms. The molecule has 0 atom stereocenters. The van der Waals surface area contributed by atoms with Crippen molar-refractivity contribution >= 4 is 16.9 Å². The van der Waals surface area contributed by atoms with E-state index in [1.807, 2.05) is 54.6 Å². The summed E-state index contributed by atoms with van der Waals surface area (Å²) in [5.74, 6) is 0.0755. The summed E-state index contributed by atoms with van der Waals surface area (Å²) < 4.78 is 11.0. The number of H-pyrrole nitrogens is 1. The molecule has 0 unspecified atom stereocenters. The van der Waals surface area contributed by atoms with E-state index in [2.05, 4.69) is 4.98 Å². The van der Waals surface area contributed by atoms with E-state index >= 15 is 0 Å². The predicted octanol–water partition coefficient (Wildman–Crippen LogP) is 3.92. The Balaban J connectivity index is 1.94. The molecule has 0 saturated heterocycles. The SMILES string of the molecule is CCOC(=O)c1c(OCc2ccccc2)[nH]c2ccccc12. The smallest absolute Gasteiger partial charge is 0.344 e. The second-order valence-corrected chi connectivity index (χ2v) is 4.87. The van der Waals surface area contributed by atoms with Gasteiger partial charge in [-0.05, 0) is 18.6 Å². The number of aromatic amines is 1. The first-order chi connectivity index (χ1) is 10.8. The number of aromatic nitrogens is 1. The molecule has 0 bridgehead atoms. The molecule has 3 rings (SSSR count). The van der Waals surface area contributed by atoms with Gasteiger partial charge in [-0.1, -0.05) is 48.5 Å². The predicted molar refractivity (Wildman–Crippen MR) is 85.0 cm³/mol. The molecule has 112 valence electrons. The van der Waals surface area contributed by atoms with Gasteiger partial charge in [0.2, 0.25) is 5.88 Å². The zero-order valence-electron chi connectivity index (χ0n) is 12.3. The van der Waals surface area contributed by atoms with Crippen LogP contribution in [0.15, 0.2) is 54.6 Å². The highest BCUT2D eigenvalue weighted by Crippen LogP contribution is 2.29. The van der Waals surface area contributed by atoms with Crippen LogP contribution in [-0.4, -0.2) is 17.6 Å². The number of nitrogens with one attached hydrogen (secondary N) is 1.